The number of hydrogen-bond acceptors (Lipinski definition) is 7. The molecule has 0 amide bonds. The molecule has 0 saturated carbocycles. The van der Waals surface area contributed by atoms with Crippen LogP contribution >= 0.6 is 0 Å². The van der Waals surface area contributed by atoms with Gasteiger partial charge in [0.1, 0.15) is 12.4 Å². The van der Waals surface area contributed by atoms with Gasteiger partial charge in [-0.2, -0.15) is 0 Å². The fourth-order valence-electron chi connectivity index (χ4n) is 2.83. The second kappa shape index (κ2) is 10.7. The lowest BCUT2D eigenvalue weighted by atomic mass is 10.0. The zero-order chi connectivity index (χ0) is 22.9. The summed E-state index contributed by atoms with van der Waals surface area (Å²) >= 11 is 0. The molecule has 0 heterocycles. The Morgan fingerprint density at radius 3 is 2.22 bits per heavy atom. The van der Waals surface area contributed by atoms with Gasteiger partial charge in [-0.3, -0.25) is 4.79 Å². The van der Waals surface area contributed by atoms with Crippen molar-refractivity contribution in [3.8, 4) is 22.6 Å². The molecule has 7 nitrogen and oxygen atoms in total. The van der Waals surface area contributed by atoms with Gasteiger partial charge < -0.3 is 25.7 Å². The summed E-state index contributed by atoms with van der Waals surface area (Å²) in [5.74, 6) is -0.151. The van der Waals surface area contributed by atoms with Crippen molar-refractivity contribution in [2.24, 2.45) is 0 Å². The molecule has 32 heavy (non-hydrogen) atoms. The van der Waals surface area contributed by atoms with E-state index in [0.29, 0.717) is 11.4 Å². The first-order valence-electron chi connectivity index (χ1n) is 9.89. The number of benzene rings is 3. The topological polar surface area (TPSA) is 114 Å². The molecule has 4 N–H and O–H groups in total. The SMILES string of the molecule is COc1ccc(-c2ccc(/C=C/C(=O)OCCC(=O)Oc3cc(N)ccc3N)cc2)cc1. The largest absolute Gasteiger partial charge is 0.497 e. The second-order valence-electron chi connectivity index (χ2n) is 6.87. The molecule has 0 atom stereocenters. The monoisotopic (exact) mass is 432 g/mol. The Balaban J connectivity index is 1.45. The lowest BCUT2D eigenvalue weighted by Crippen LogP contribution is -2.14. The Morgan fingerprint density at radius 1 is 0.906 bits per heavy atom. The van der Waals surface area contributed by atoms with Gasteiger partial charge in [0.25, 0.3) is 0 Å². The van der Waals surface area contributed by atoms with Crippen LogP contribution in [0, 0.1) is 0 Å². The molecule has 0 aliphatic rings. The van der Waals surface area contributed by atoms with Crippen LogP contribution in [-0.4, -0.2) is 25.7 Å². The van der Waals surface area contributed by atoms with Crippen LogP contribution < -0.4 is 20.9 Å². The summed E-state index contributed by atoms with van der Waals surface area (Å²) in [5.41, 5.74) is 15.1. The van der Waals surface area contributed by atoms with E-state index in [9.17, 15) is 9.59 Å². The first kappa shape index (κ1) is 22.4. The van der Waals surface area contributed by atoms with Gasteiger partial charge >= 0.3 is 11.9 Å². The predicted molar refractivity (Wildman–Crippen MR) is 124 cm³/mol. The van der Waals surface area contributed by atoms with E-state index in [1.54, 1.807) is 25.3 Å². The van der Waals surface area contributed by atoms with Crippen molar-refractivity contribution in [2.75, 3.05) is 25.2 Å². The van der Waals surface area contributed by atoms with E-state index in [1.165, 1.54) is 12.1 Å². The maximum absolute atomic E-state index is 11.9. The summed E-state index contributed by atoms with van der Waals surface area (Å²) in [4.78, 5) is 23.8. The number of hydrogen-bond donors (Lipinski definition) is 2. The maximum atomic E-state index is 11.9. The van der Waals surface area contributed by atoms with Gasteiger partial charge in [-0.15, -0.1) is 0 Å². The average molecular weight is 432 g/mol. The van der Waals surface area contributed by atoms with Gasteiger partial charge in [0.2, 0.25) is 0 Å². The van der Waals surface area contributed by atoms with Crippen molar-refractivity contribution < 1.29 is 23.8 Å². The summed E-state index contributed by atoms with van der Waals surface area (Å²) in [6, 6.07) is 20.1. The fourth-order valence-corrected chi connectivity index (χ4v) is 2.83. The van der Waals surface area contributed by atoms with Crippen molar-refractivity contribution in [2.45, 2.75) is 6.42 Å². The third-order valence-electron chi connectivity index (χ3n) is 4.56. The van der Waals surface area contributed by atoms with Crippen LogP contribution in [0.1, 0.15) is 12.0 Å². The molecule has 3 aromatic rings. The van der Waals surface area contributed by atoms with Crippen LogP contribution in [0.2, 0.25) is 0 Å². The van der Waals surface area contributed by atoms with E-state index in [-0.39, 0.29) is 18.8 Å². The summed E-state index contributed by atoms with van der Waals surface area (Å²) in [7, 11) is 1.63. The molecule has 0 unspecified atom stereocenters. The Labute approximate surface area is 186 Å². The second-order valence-corrected chi connectivity index (χ2v) is 6.87. The van der Waals surface area contributed by atoms with Crippen molar-refractivity contribution in [3.63, 3.8) is 0 Å². The molecule has 0 spiro atoms. The standard InChI is InChI=1S/C25H24N2O5/c1-30-21-10-7-19(8-11-21)18-5-2-17(3-6-18)4-13-24(28)31-15-14-25(29)32-23-16-20(26)9-12-22(23)27/h2-13,16H,14-15,26-27H2,1H3/b13-4+. The zero-order valence-corrected chi connectivity index (χ0v) is 17.6. The number of methoxy groups -OCH3 is 1. The number of esters is 2. The fraction of sp³-hybridized carbons (Fsp3) is 0.120. The van der Waals surface area contributed by atoms with Gasteiger partial charge in [-0.25, -0.2) is 4.79 Å². The Kier molecular flexibility index (Phi) is 7.48. The molecule has 0 fully saturated rings. The number of nitrogen functional groups attached to an aromatic ring is 2. The van der Waals surface area contributed by atoms with Crippen LogP contribution in [0.4, 0.5) is 11.4 Å². The van der Waals surface area contributed by atoms with Gasteiger partial charge in [-0.1, -0.05) is 36.4 Å². The van der Waals surface area contributed by atoms with E-state index < -0.39 is 11.9 Å². The van der Waals surface area contributed by atoms with Crippen molar-refractivity contribution in [1.82, 2.24) is 0 Å². The summed E-state index contributed by atoms with van der Waals surface area (Å²) < 4.78 is 15.4. The lowest BCUT2D eigenvalue weighted by Gasteiger charge is -2.08. The minimum absolute atomic E-state index is 0.107. The van der Waals surface area contributed by atoms with Crippen LogP contribution in [0.5, 0.6) is 11.5 Å². The van der Waals surface area contributed by atoms with E-state index in [4.69, 9.17) is 25.7 Å². The molecule has 0 aromatic heterocycles. The molecule has 0 saturated heterocycles. The molecule has 3 aromatic carbocycles. The van der Waals surface area contributed by atoms with E-state index in [2.05, 4.69) is 0 Å². The molecule has 3 rings (SSSR count). The van der Waals surface area contributed by atoms with E-state index in [0.717, 1.165) is 22.4 Å². The quantitative estimate of drug-likeness (QED) is 0.239. The van der Waals surface area contributed by atoms with Crippen molar-refractivity contribution >= 4 is 29.4 Å². The Morgan fingerprint density at radius 2 is 1.56 bits per heavy atom. The summed E-state index contributed by atoms with van der Waals surface area (Å²) in [5, 5.41) is 0. The Hall–Kier alpha value is -4.26. The predicted octanol–water partition coefficient (Wildman–Crippen LogP) is 4.08. The van der Waals surface area contributed by atoms with E-state index in [1.807, 2.05) is 48.5 Å². The highest BCUT2D eigenvalue weighted by Gasteiger charge is 2.09. The first-order valence-corrected chi connectivity index (χ1v) is 9.89. The number of ether oxygens (including phenoxy) is 3. The third-order valence-corrected chi connectivity index (χ3v) is 4.56. The van der Waals surface area contributed by atoms with Crippen molar-refractivity contribution in [3.05, 3.63) is 78.4 Å². The minimum atomic E-state index is -0.576. The minimum Gasteiger partial charge on any atom is -0.497 e. The highest BCUT2D eigenvalue weighted by Crippen LogP contribution is 2.24. The molecule has 7 heteroatoms. The molecule has 0 aliphatic carbocycles. The number of anilines is 2. The van der Waals surface area contributed by atoms with Gasteiger partial charge in [0, 0.05) is 17.8 Å². The Bertz CT molecular complexity index is 1110. The van der Waals surface area contributed by atoms with E-state index >= 15 is 0 Å². The molecule has 0 aliphatic heterocycles. The lowest BCUT2D eigenvalue weighted by molar-refractivity contribution is -0.141. The highest BCUT2D eigenvalue weighted by molar-refractivity contribution is 5.87. The number of carbonyl (C=O) groups is 2. The number of rotatable bonds is 8. The van der Waals surface area contributed by atoms with Crippen molar-refractivity contribution in [1.29, 1.82) is 0 Å². The molecular formula is C25H24N2O5. The van der Waals surface area contributed by atoms with Gasteiger partial charge in [-0.05, 0) is 47.0 Å². The molecule has 0 radical (unpaired) electrons. The smallest absolute Gasteiger partial charge is 0.330 e. The number of carbonyl (C=O) groups excluding carboxylic acids is 2. The summed E-state index contributed by atoms with van der Waals surface area (Å²) in [6.07, 6.45) is 2.85. The number of nitrogens with two attached hydrogens (primary N) is 2. The third kappa shape index (κ3) is 6.37. The molecule has 164 valence electrons. The average Bonchev–Trinajstić information content (AvgIpc) is 2.80. The maximum Gasteiger partial charge on any atom is 0.330 e. The zero-order valence-electron chi connectivity index (χ0n) is 17.6. The van der Waals surface area contributed by atoms with Gasteiger partial charge in [0.15, 0.2) is 5.75 Å². The molecular weight excluding hydrogens is 408 g/mol. The van der Waals surface area contributed by atoms with Crippen LogP contribution in [0.3, 0.4) is 0 Å². The first-order chi connectivity index (χ1) is 15.4. The summed E-state index contributed by atoms with van der Waals surface area (Å²) in [6.45, 7) is -0.110. The van der Waals surface area contributed by atoms with Crippen LogP contribution in [0.15, 0.2) is 72.8 Å². The van der Waals surface area contributed by atoms with Crippen LogP contribution in [-0.2, 0) is 14.3 Å². The van der Waals surface area contributed by atoms with Crippen LogP contribution in [0.25, 0.3) is 17.2 Å². The normalized spacial score (nSPS) is 10.7. The highest BCUT2D eigenvalue weighted by atomic mass is 16.5. The van der Waals surface area contributed by atoms with Gasteiger partial charge in [0.05, 0.1) is 19.2 Å². The molecule has 0 bridgehead atoms.